The molecule has 3 N–H and O–H groups in total. The highest BCUT2D eigenvalue weighted by atomic mass is 32.2. The minimum Gasteiger partial charge on any atom is -0.468 e. The average molecular weight is 322 g/mol. The smallest absolute Gasteiger partial charge is 0.322 e. The van der Waals surface area contributed by atoms with E-state index in [0.29, 0.717) is 12.8 Å². The maximum atomic E-state index is 12.0. The van der Waals surface area contributed by atoms with Gasteiger partial charge in [-0.05, 0) is 12.8 Å². The van der Waals surface area contributed by atoms with Crippen molar-refractivity contribution in [3.05, 3.63) is 0 Å². The van der Waals surface area contributed by atoms with Crippen LogP contribution in [0.3, 0.4) is 0 Å². The minimum absolute atomic E-state index is 0.146. The van der Waals surface area contributed by atoms with Gasteiger partial charge in [0, 0.05) is 0 Å². The first-order valence-corrected chi connectivity index (χ1v) is 8.76. The Morgan fingerprint density at radius 1 is 1.25 bits per heavy atom. The number of nitrogens with two attached hydrogens (primary N) is 1. The molecule has 0 aliphatic heterocycles. The molecule has 0 saturated heterocycles. The van der Waals surface area contributed by atoms with Gasteiger partial charge in [0.05, 0.1) is 17.6 Å². The van der Waals surface area contributed by atoms with Crippen LogP contribution in [0.4, 0.5) is 0 Å². The summed E-state index contributed by atoms with van der Waals surface area (Å²) in [5.41, 5.74) is 4.87. The van der Waals surface area contributed by atoms with Gasteiger partial charge in [-0.1, -0.05) is 44.3 Å². The van der Waals surface area contributed by atoms with E-state index in [1.54, 1.807) is 0 Å². The molecule has 0 aromatic carbocycles. The molecule has 0 atom stereocenters. The number of methoxy groups -OCH3 is 1. The summed E-state index contributed by atoms with van der Waals surface area (Å²) in [6.45, 7) is 0. The monoisotopic (exact) mass is 322 g/mol. The summed E-state index contributed by atoms with van der Waals surface area (Å²) in [4.78, 5) is 11.3. The minimum atomic E-state index is -3.82. The molecule has 1 fully saturated rings. The molecule has 8 heteroatoms. The number of rotatable bonds is 5. The predicted octanol–water partition coefficient (Wildman–Crippen LogP) is 0.848. The fourth-order valence-corrected chi connectivity index (χ4v) is 4.18. The van der Waals surface area contributed by atoms with Gasteiger partial charge in [-0.15, -0.1) is 0 Å². The molecule has 1 aliphatic rings. The van der Waals surface area contributed by atoms with E-state index in [9.17, 15) is 13.2 Å². The number of thiocarbonyl (C=S) groups is 1. The van der Waals surface area contributed by atoms with Crippen molar-refractivity contribution in [2.24, 2.45) is 5.73 Å². The van der Waals surface area contributed by atoms with Crippen molar-refractivity contribution in [2.45, 2.75) is 50.5 Å². The fraction of sp³-hybridized carbons (Fsp3) is 0.833. The van der Waals surface area contributed by atoms with E-state index in [-0.39, 0.29) is 4.99 Å². The topological polar surface area (TPSA) is 98.5 Å². The first kappa shape index (κ1) is 17.3. The molecule has 0 unspecified atom stereocenters. The zero-order chi connectivity index (χ0) is 15.2. The van der Waals surface area contributed by atoms with Crippen LogP contribution in [-0.2, 0) is 19.6 Å². The highest BCUT2D eigenvalue weighted by molar-refractivity contribution is 7.90. The van der Waals surface area contributed by atoms with Crippen LogP contribution in [0.25, 0.3) is 0 Å². The molecule has 0 aromatic heterocycles. The van der Waals surface area contributed by atoms with Gasteiger partial charge in [0.15, 0.2) is 5.75 Å². The molecule has 0 spiro atoms. The molecule has 20 heavy (non-hydrogen) atoms. The van der Waals surface area contributed by atoms with Gasteiger partial charge < -0.3 is 10.5 Å². The number of carbonyl (C=O) groups excluding carboxylic acids is 1. The quantitative estimate of drug-likeness (QED) is 0.575. The maximum Gasteiger partial charge on any atom is 0.322 e. The Morgan fingerprint density at radius 3 is 2.20 bits per heavy atom. The van der Waals surface area contributed by atoms with Gasteiger partial charge in [0.2, 0.25) is 10.0 Å². The van der Waals surface area contributed by atoms with Gasteiger partial charge in [0.25, 0.3) is 0 Å². The molecule has 0 amide bonds. The fourth-order valence-electron chi connectivity index (χ4n) is 2.46. The second-order valence-corrected chi connectivity index (χ2v) is 7.31. The zero-order valence-corrected chi connectivity index (χ0v) is 13.3. The first-order chi connectivity index (χ1) is 9.31. The van der Waals surface area contributed by atoms with E-state index < -0.39 is 27.3 Å². The van der Waals surface area contributed by atoms with Crippen molar-refractivity contribution in [1.29, 1.82) is 0 Å². The molecule has 0 aromatic rings. The lowest BCUT2D eigenvalue weighted by Gasteiger charge is -2.34. The normalized spacial score (nSPS) is 19.6. The molecule has 0 heterocycles. The highest BCUT2D eigenvalue weighted by Gasteiger charge is 2.38. The summed E-state index contributed by atoms with van der Waals surface area (Å²) >= 11 is 5.08. The number of sulfonamides is 1. The number of carbonyl (C=O) groups is 1. The van der Waals surface area contributed by atoms with Crippen molar-refractivity contribution >= 4 is 33.2 Å². The Bertz CT molecular complexity index is 454. The van der Waals surface area contributed by atoms with Crippen LogP contribution < -0.4 is 10.5 Å². The number of esters is 1. The van der Waals surface area contributed by atoms with Crippen LogP contribution in [0.15, 0.2) is 0 Å². The number of ether oxygens (including phenoxy) is 1. The summed E-state index contributed by atoms with van der Waals surface area (Å²) < 4.78 is 31.0. The first-order valence-electron chi connectivity index (χ1n) is 6.70. The molecule has 1 saturated carbocycles. The van der Waals surface area contributed by atoms with Crippen molar-refractivity contribution in [3.63, 3.8) is 0 Å². The Morgan fingerprint density at radius 2 is 1.75 bits per heavy atom. The molecule has 1 rings (SSSR count). The van der Waals surface area contributed by atoms with Gasteiger partial charge in [-0.25, -0.2) is 13.1 Å². The van der Waals surface area contributed by atoms with E-state index in [1.165, 1.54) is 0 Å². The van der Waals surface area contributed by atoms with Crippen molar-refractivity contribution in [3.8, 4) is 0 Å². The summed E-state index contributed by atoms with van der Waals surface area (Å²) in [6, 6.07) is 0. The largest absolute Gasteiger partial charge is 0.468 e. The summed E-state index contributed by atoms with van der Waals surface area (Å²) in [5, 5.41) is 0. The average Bonchev–Trinajstić information content (AvgIpc) is 2.31. The second kappa shape index (κ2) is 7.33. The van der Waals surface area contributed by atoms with Crippen molar-refractivity contribution in [1.82, 2.24) is 4.72 Å². The van der Waals surface area contributed by atoms with Gasteiger partial charge in [0.1, 0.15) is 0 Å². The molecule has 1 aliphatic carbocycles. The molecule has 116 valence electrons. The van der Waals surface area contributed by atoms with Gasteiger partial charge >= 0.3 is 5.97 Å². The third-order valence-corrected chi connectivity index (χ3v) is 5.27. The molecular weight excluding hydrogens is 300 g/mol. The van der Waals surface area contributed by atoms with Crippen LogP contribution in [0.2, 0.25) is 0 Å². The molecule has 6 nitrogen and oxygen atoms in total. The Balaban J connectivity index is 2.89. The van der Waals surface area contributed by atoms with Crippen LogP contribution in [0.1, 0.15) is 44.9 Å². The Kier molecular flexibility index (Phi) is 6.35. The van der Waals surface area contributed by atoms with Crippen LogP contribution in [-0.4, -0.2) is 37.8 Å². The Labute approximate surface area is 125 Å². The molecular formula is C12H22N2O4S2. The molecule has 0 radical (unpaired) electrons. The van der Waals surface area contributed by atoms with E-state index in [1.807, 2.05) is 0 Å². The summed E-state index contributed by atoms with van der Waals surface area (Å²) in [6.07, 6.45) is 6.07. The lowest BCUT2D eigenvalue weighted by Crippen LogP contribution is -2.57. The summed E-state index contributed by atoms with van der Waals surface area (Å²) in [7, 11) is -2.67. The zero-order valence-electron chi connectivity index (χ0n) is 11.7. The van der Waals surface area contributed by atoms with Gasteiger partial charge in [-0.2, -0.15) is 0 Å². The van der Waals surface area contributed by atoms with Crippen LogP contribution >= 0.6 is 12.2 Å². The Hall–Kier alpha value is -0.730. The van der Waals surface area contributed by atoms with E-state index in [0.717, 1.165) is 39.2 Å². The van der Waals surface area contributed by atoms with Crippen LogP contribution in [0.5, 0.6) is 0 Å². The SMILES string of the molecule is COC(=O)CS(=O)(=O)NC1(C(N)=S)CCCCCCC1. The molecule has 0 bridgehead atoms. The van der Waals surface area contributed by atoms with E-state index in [4.69, 9.17) is 18.0 Å². The van der Waals surface area contributed by atoms with Crippen molar-refractivity contribution in [2.75, 3.05) is 12.9 Å². The van der Waals surface area contributed by atoms with Crippen molar-refractivity contribution < 1.29 is 17.9 Å². The predicted molar refractivity (Wildman–Crippen MR) is 80.8 cm³/mol. The third-order valence-electron chi connectivity index (χ3n) is 3.57. The lowest BCUT2D eigenvalue weighted by atomic mass is 9.85. The number of hydrogen-bond donors (Lipinski definition) is 2. The maximum absolute atomic E-state index is 12.0. The number of hydrogen-bond acceptors (Lipinski definition) is 5. The van der Waals surface area contributed by atoms with Gasteiger partial charge in [-0.3, -0.25) is 4.79 Å². The standard InChI is InChI=1S/C12H22N2O4S2/c1-18-10(15)9-20(16,17)14-12(11(13)19)7-5-3-2-4-6-8-12/h14H,2-9H2,1H3,(H2,13,19). The third kappa shape index (κ3) is 4.99. The van der Waals surface area contributed by atoms with E-state index >= 15 is 0 Å². The van der Waals surface area contributed by atoms with E-state index in [2.05, 4.69) is 9.46 Å². The number of nitrogens with one attached hydrogen (secondary N) is 1. The van der Waals surface area contributed by atoms with Crippen LogP contribution in [0, 0.1) is 0 Å². The second-order valence-electron chi connectivity index (χ2n) is 5.15. The lowest BCUT2D eigenvalue weighted by molar-refractivity contribution is -0.137. The highest BCUT2D eigenvalue weighted by Crippen LogP contribution is 2.27. The summed E-state index contributed by atoms with van der Waals surface area (Å²) in [5.74, 6) is -1.52.